The van der Waals surface area contributed by atoms with Crippen molar-refractivity contribution in [3.63, 3.8) is 0 Å². The van der Waals surface area contributed by atoms with Gasteiger partial charge in [-0.15, -0.1) is 0 Å². The van der Waals surface area contributed by atoms with Crippen LogP contribution in [-0.2, 0) is 9.47 Å². The molecule has 0 bridgehead atoms. The normalized spacial score (nSPS) is 12.1. The third-order valence-electron chi connectivity index (χ3n) is 9.73. The Labute approximate surface area is 301 Å². The Hall–Kier alpha value is -0.890. The van der Waals surface area contributed by atoms with E-state index in [0.29, 0.717) is 25.5 Å². The van der Waals surface area contributed by atoms with E-state index in [9.17, 15) is 4.79 Å². The zero-order valence-corrected chi connectivity index (χ0v) is 33.9. The summed E-state index contributed by atoms with van der Waals surface area (Å²) in [5.74, 6) is 0. The fraction of sp³-hybridized carbons (Fsp3) is 0.976. The number of carbonyl (C=O) groups is 1. The first-order valence-electron chi connectivity index (χ1n) is 21.2. The maximum atomic E-state index is 12.7. The summed E-state index contributed by atoms with van der Waals surface area (Å²) >= 11 is 0. The fourth-order valence-corrected chi connectivity index (χ4v) is 6.61. The van der Waals surface area contributed by atoms with Gasteiger partial charge in [0.2, 0.25) is 0 Å². The lowest BCUT2D eigenvalue weighted by molar-refractivity contribution is 0.0136. The number of hydrogen-bond donors (Lipinski definition) is 0. The molecule has 0 saturated heterocycles. The third kappa shape index (κ3) is 23.5. The van der Waals surface area contributed by atoms with E-state index in [1.807, 2.05) is 0 Å². The summed E-state index contributed by atoms with van der Waals surface area (Å²) in [6.07, 6.45) is 23.9. The van der Waals surface area contributed by atoms with Crippen LogP contribution in [0.4, 0.5) is 4.79 Å². The van der Waals surface area contributed by atoms with Crippen molar-refractivity contribution in [1.82, 2.24) is 19.6 Å². The average Bonchev–Trinajstić information content (AvgIpc) is 3.10. The van der Waals surface area contributed by atoms with E-state index in [4.69, 9.17) is 9.47 Å². The molecule has 7 heteroatoms. The molecule has 0 heterocycles. The number of carbonyl (C=O) groups excluding carboxylic acids is 1. The minimum absolute atomic E-state index is 0.421. The maximum Gasteiger partial charge on any atom is 0.508 e. The minimum Gasteiger partial charge on any atom is -0.434 e. The van der Waals surface area contributed by atoms with Crippen LogP contribution in [0.2, 0.25) is 0 Å². The van der Waals surface area contributed by atoms with Gasteiger partial charge in [0.1, 0.15) is 0 Å². The fourth-order valence-electron chi connectivity index (χ4n) is 6.61. The van der Waals surface area contributed by atoms with E-state index in [1.165, 1.54) is 103 Å². The van der Waals surface area contributed by atoms with Crippen LogP contribution in [0.1, 0.15) is 184 Å². The first kappa shape index (κ1) is 47.1. The van der Waals surface area contributed by atoms with Crippen LogP contribution in [0.3, 0.4) is 0 Å². The van der Waals surface area contributed by atoms with Gasteiger partial charge in [-0.1, -0.05) is 107 Å². The largest absolute Gasteiger partial charge is 0.508 e. The van der Waals surface area contributed by atoms with Crippen molar-refractivity contribution < 1.29 is 14.3 Å². The van der Waals surface area contributed by atoms with Crippen LogP contribution in [0.15, 0.2) is 0 Å². The van der Waals surface area contributed by atoms with Crippen LogP contribution in [0.5, 0.6) is 0 Å². The summed E-state index contributed by atoms with van der Waals surface area (Å²) < 4.78 is 11.3. The third-order valence-corrected chi connectivity index (χ3v) is 9.73. The van der Waals surface area contributed by atoms with Crippen molar-refractivity contribution in [1.29, 1.82) is 0 Å². The number of hydrogen-bond acceptors (Lipinski definition) is 7. The Bertz CT molecular complexity index is 556. The predicted octanol–water partition coefficient (Wildman–Crippen LogP) is 11.0. The molecule has 0 unspecified atom stereocenters. The van der Waals surface area contributed by atoms with Crippen molar-refractivity contribution >= 4 is 6.16 Å². The molecular formula is C41H86N4O3. The van der Waals surface area contributed by atoms with Gasteiger partial charge in [-0.3, -0.25) is 19.6 Å². The zero-order chi connectivity index (χ0) is 35.7. The molecule has 7 nitrogen and oxygen atoms in total. The molecule has 0 spiro atoms. The van der Waals surface area contributed by atoms with E-state index in [1.54, 1.807) is 0 Å². The molecule has 0 aromatic heterocycles. The van der Waals surface area contributed by atoms with Crippen molar-refractivity contribution in [2.24, 2.45) is 0 Å². The predicted molar refractivity (Wildman–Crippen MR) is 209 cm³/mol. The molecule has 0 aliphatic rings. The second-order valence-corrected chi connectivity index (χ2v) is 14.2. The first-order valence-corrected chi connectivity index (χ1v) is 21.2. The summed E-state index contributed by atoms with van der Waals surface area (Å²) in [6.45, 7) is 28.5. The van der Waals surface area contributed by atoms with Gasteiger partial charge in [-0.25, -0.2) is 4.79 Å². The average molecular weight is 683 g/mol. The van der Waals surface area contributed by atoms with Crippen molar-refractivity contribution in [3.8, 4) is 0 Å². The lowest BCUT2D eigenvalue weighted by atomic mass is 10.1. The van der Waals surface area contributed by atoms with Gasteiger partial charge in [0.25, 0.3) is 0 Å². The Balaban J connectivity index is 5.28. The van der Waals surface area contributed by atoms with Crippen molar-refractivity contribution in [3.05, 3.63) is 0 Å². The van der Waals surface area contributed by atoms with Gasteiger partial charge < -0.3 is 9.47 Å². The van der Waals surface area contributed by atoms with Gasteiger partial charge in [0.15, 0.2) is 0 Å². The lowest BCUT2D eigenvalue weighted by Gasteiger charge is -2.40. The molecule has 0 aromatic carbocycles. The Morgan fingerprint density at radius 1 is 0.375 bits per heavy atom. The van der Waals surface area contributed by atoms with E-state index in [-0.39, 0.29) is 0 Å². The molecule has 288 valence electrons. The van der Waals surface area contributed by atoms with Crippen LogP contribution < -0.4 is 0 Å². The summed E-state index contributed by atoms with van der Waals surface area (Å²) in [5.41, 5.74) is 0. The monoisotopic (exact) mass is 683 g/mol. The molecule has 0 aliphatic heterocycles. The summed E-state index contributed by atoms with van der Waals surface area (Å²) in [5, 5.41) is 0. The molecule has 0 atom stereocenters. The zero-order valence-electron chi connectivity index (χ0n) is 33.9. The van der Waals surface area contributed by atoms with Crippen molar-refractivity contribution in [2.45, 2.75) is 196 Å². The van der Waals surface area contributed by atoms with E-state index in [2.05, 4.69) is 75.0 Å². The van der Waals surface area contributed by atoms with E-state index >= 15 is 0 Å². The molecule has 48 heavy (non-hydrogen) atoms. The van der Waals surface area contributed by atoms with Crippen LogP contribution in [0.25, 0.3) is 0 Å². The molecular weight excluding hydrogens is 596 g/mol. The highest BCUT2D eigenvalue weighted by molar-refractivity contribution is 5.59. The maximum absolute atomic E-state index is 12.7. The van der Waals surface area contributed by atoms with Crippen LogP contribution in [-0.4, -0.2) is 104 Å². The number of unbranched alkanes of at least 4 members (excludes halogenated alkanes) is 8. The van der Waals surface area contributed by atoms with E-state index < -0.39 is 6.16 Å². The number of rotatable bonds is 36. The van der Waals surface area contributed by atoms with Gasteiger partial charge in [0, 0.05) is 0 Å². The minimum atomic E-state index is -0.492. The highest BCUT2D eigenvalue weighted by Gasteiger charge is 2.26. The standard InChI is InChI=1S/C41H86N4O3/c1-9-17-29-42(30-18-10-2)39(43(31-19-11-3)32-20-12-4)27-25-37-47-41(46)48-38-26-28-40(44(33-21-13-5)34-22-14-6)45(35-23-15-7)36-24-16-8/h39-40H,9-38H2,1-8H3. The van der Waals surface area contributed by atoms with Gasteiger partial charge in [-0.2, -0.15) is 0 Å². The lowest BCUT2D eigenvalue weighted by Crippen LogP contribution is -2.50. The molecule has 0 aliphatic carbocycles. The smallest absolute Gasteiger partial charge is 0.434 e. The summed E-state index contributed by atoms with van der Waals surface area (Å²) in [4.78, 5) is 23.7. The van der Waals surface area contributed by atoms with Crippen molar-refractivity contribution in [2.75, 3.05) is 65.6 Å². The molecule has 0 saturated carbocycles. The quantitative estimate of drug-likeness (QED) is 0.0370. The summed E-state index contributed by atoms with van der Waals surface area (Å²) in [6, 6.07) is 0. The molecule has 0 amide bonds. The van der Waals surface area contributed by atoms with Gasteiger partial charge in [0.05, 0.1) is 25.5 Å². The van der Waals surface area contributed by atoms with Crippen LogP contribution >= 0.6 is 0 Å². The molecule has 0 N–H and O–H groups in total. The highest BCUT2D eigenvalue weighted by Crippen LogP contribution is 2.19. The molecule has 0 aromatic rings. The Morgan fingerprint density at radius 2 is 0.583 bits per heavy atom. The first-order chi connectivity index (χ1) is 23.5. The molecule has 0 radical (unpaired) electrons. The molecule has 0 rings (SSSR count). The van der Waals surface area contributed by atoms with Gasteiger partial charge >= 0.3 is 6.16 Å². The van der Waals surface area contributed by atoms with Crippen LogP contribution in [0, 0.1) is 0 Å². The van der Waals surface area contributed by atoms with Gasteiger partial charge in [-0.05, 0) is 129 Å². The summed E-state index contributed by atoms with van der Waals surface area (Å²) in [7, 11) is 0. The second kappa shape index (κ2) is 34.6. The highest BCUT2D eigenvalue weighted by atomic mass is 16.7. The van der Waals surface area contributed by atoms with E-state index in [0.717, 1.165) is 78.0 Å². The SMILES string of the molecule is CCCCN(CCCC)C(CCCOC(=O)OCCCC(N(CCCC)CCCC)N(CCCC)CCCC)N(CCCC)CCCC. The number of ether oxygens (including phenoxy) is 2. The number of nitrogens with zero attached hydrogens (tertiary/aromatic N) is 4. The molecule has 0 fully saturated rings. The Morgan fingerprint density at radius 3 is 0.771 bits per heavy atom. The Kier molecular flexibility index (Phi) is 33.9. The topological polar surface area (TPSA) is 48.5 Å². The second-order valence-electron chi connectivity index (χ2n) is 14.2.